The van der Waals surface area contributed by atoms with Crippen molar-refractivity contribution in [1.29, 1.82) is 0 Å². The second-order valence-corrected chi connectivity index (χ2v) is 8.83. The van der Waals surface area contributed by atoms with Crippen molar-refractivity contribution in [2.45, 2.75) is 37.0 Å². The minimum atomic E-state index is -3.82. The van der Waals surface area contributed by atoms with Gasteiger partial charge in [0.1, 0.15) is 16.5 Å². The molecule has 0 aromatic heterocycles. The van der Waals surface area contributed by atoms with E-state index in [1.807, 2.05) is 4.90 Å². The molecule has 0 unspecified atom stereocenters. The number of benzene rings is 2. The molecule has 2 aromatic carbocycles. The van der Waals surface area contributed by atoms with Gasteiger partial charge in [-0.15, -0.1) is 4.40 Å². The lowest BCUT2D eigenvalue weighted by molar-refractivity contribution is 0.0954. The summed E-state index contributed by atoms with van der Waals surface area (Å²) in [5.41, 5.74) is 1.78. The third-order valence-corrected chi connectivity index (χ3v) is 6.56. The maximum atomic E-state index is 13.0. The highest BCUT2D eigenvalue weighted by molar-refractivity contribution is 7.90. The zero-order valence-corrected chi connectivity index (χ0v) is 16.7. The van der Waals surface area contributed by atoms with Crippen molar-refractivity contribution in [3.05, 3.63) is 59.4 Å². The molecule has 152 valence electrons. The first-order chi connectivity index (χ1) is 13.9. The Bertz CT molecular complexity index is 1070. The molecule has 4 rings (SSSR count). The summed E-state index contributed by atoms with van der Waals surface area (Å²) in [5.74, 6) is -0.0643. The molecular weight excluding hydrogens is 393 g/mol. The maximum Gasteiger partial charge on any atom is 0.286 e. The largest absolute Gasteiger partial charge is 0.352 e. The number of carbonyl (C=O) groups is 1. The van der Waals surface area contributed by atoms with Crippen LogP contribution in [0.3, 0.4) is 0 Å². The number of halogens is 1. The number of amidine groups is 1. The number of sulfonamides is 1. The number of anilines is 1. The number of amides is 1. The summed E-state index contributed by atoms with van der Waals surface area (Å²) in [4.78, 5) is 14.5. The average Bonchev–Trinajstić information content (AvgIpc) is 2.94. The van der Waals surface area contributed by atoms with Gasteiger partial charge in [0.2, 0.25) is 0 Å². The van der Waals surface area contributed by atoms with Gasteiger partial charge >= 0.3 is 0 Å². The van der Waals surface area contributed by atoms with E-state index in [9.17, 15) is 17.6 Å². The summed E-state index contributed by atoms with van der Waals surface area (Å²) < 4.78 is 42.3. The molecule has 0 bridgehead atoms. The minimum absolute atomic E-state index is 0.0781. The van der Waals surface area contributed by atoms with Gasteiger partial charge in [-0.2, -0.15) is 8.42 Å². The van der Waals surface area contributed by atoms with E-state index in [1.165, 1.54) is 18.2 Å². The van der Waals surface area contributed by atoms with Gasteiger partial charge in [-0.25, -0.2) is 4.39 Å². The lowest BCUT2D eigenvalue weighted by atomic mass is 10.1. The van der Waals surface area contributed by atoms with E-state index in [-0.39, 0.29) is 22.2 Å². The molecule has 2 aliphatic rings. The molecule has 8 heteroatoms. The highest BCUT2D eigenvalue weighted by atomic mass is 32.2. The standard InChI is InChI=1S/C21H22FN3O3S/c22-17-8-5-15(6-9-17)11-12-23-21(26)16-7-10-18-19(14-16)29(27,28)24-20-4-2-1-3-13-25(18)20/h5-10,14H,1-4,11-13H2,(H,23,26). The van der Waals surface area contributed by atoms with E-state index in [0.29, 0.717) is 30.9 Å². The molecule has 0 atom stereocenters. The second-order valence-electron chi connectivity index (χ2n) is 7.26. The number of nitrogens with one attached hydrogen (secondary N) is 1. The van der Waals surface area contributed by atoms with Crippen molar-refractivity contribution in [3.8, 4) is 0 Å². The molecule has 0 radical (unpaired) electrons. The third kappa shape index (κ3) is 4.17. The summed E-state index contributed by atoms with van der Waals surface area (Å²) in [7, 11) is -3.82. The van der Waals surface area contributed by atoms with Crippen LogP contribution in [-0.2, 0) is 16.4 Å². The Kier molecular flexibility index (Phi) is 5.36. The molecule has 2 heterocycles. The SMILES string of the molecule is O=C(NCCc1ccc(F)cc1)c1ccc2c(c1)S(=O)(=O)N=C1CCCCCN12. The van der Waals surface area contributed by atoms with Crippen LogP contribution in [0.2, 0.25) is 0 Å². The van der Waals surface area contributed by atoms with E-state index >= 15 is 0 Å². The monoisotopic (exact) mass is 415 g/mol. The van der Waals surface area contributed by atoms with Crippen LogP contribution in [0.5, 0.6) is 0 Å². The Labute approximate surface area is 169 Å². The van der Waals surface area contributed by atoms with Crippen LogP contribution in [0.1, 0.15) is 41.6 Å². The average molecular weight is 415 g/mol. The summed E-state index contributed by atoms with van der Waals surface area (Å²) in [6.07, 6.45) is 4.14. The van der Waals surface area contributed by atoms with Crippen LogP contribution in [0, 0.1) is 5.82 Å². The molecule has 1 amide bonds. The third-order valence-electron chi connectivity index (χ3n) is 5.22. The fraction of sp³-hybridized carbons (Fsp3) is 0.333. The summed E-state index contributed by atoms with van der Waals surface area (Å²) in [6, 6.07) is 10.8. The molecule has 0 spiro atoms. The van der Waals surface area contributed by atoms with Gasteiger partial charge in [0.05, 0.1) is 5.69 Å². The molecule has 0 aliphatic carbocycles. The lowest BCUT2D eigenvalue weighted by Gasteiger charge is -2.29. The van der Waals surface area contributed by atoms with E-state index in [1.54, 1.807) is 24.3 Å². The van der Waals surface area contributed by atoms with Crippen LogP contribution in [0.25, 0.3) is 0 Å². The maximum absolute atomic E-state index is 13.0. The van der Waals surface area contributed by atoms with Crippen LogP contribution < -0.4 is 10.2 Å². The van der Waals surface area contributed by atoms with Crippen LogP contribution in [0.15, 0.2) is 51.8 Å². The van der Waals surface area contributed by atoms with Crippen LogP contribution >= 0.6 is 0 Å². The lowest BCUT2D eigenvalue weighted by Crippen LogP contribution is -2.35. The first-order valence-corrected chi connectivity index (χ1v) is 11.2. The number of nitrogens with zero attached hydrogens (tertiary/aromatic N) is 2. The predicted octanol–water partition coefficient (Wildman–Crippen LogP) is 3.28. The highest BCUT2D eigenvalue weighted by Gasteiger charge is 2.32. The van der Waals surface area contributed by atoms with Gasteiger partial charge in [-0.05, 0) is 55.2 Å². The Hall–Kier alpha value is -2.74. The van der Waals surface area contributed by atoms with Crippen molar-refractivity contribution in [3.63, 3.8) is 0 Å². The van der Waals surface area contributed by atoms with Gasteiger partial charge < -0.3 is 10.2 Å². The molecule has 29 heavy (non-hydrogen) atoms. The van der Waals surface area contributed by atoms with E-state index in [4.69, 9.17) is 0 Å². The molecule has 1 saturated heterocycles. The first-order valence-electron chi connectivity index (χ1n) is 9.72. The Morgan fingerprint density at radius 2 is 1.90 bits per heavy atom. The fourth-order valence-electron chi connectivity index (χ4n) is 3.69. The van der Waals surface area contributed by atoms with E-state index in [2.05, 4.69) is 9.71 Å². The number of fused-ring (bicyclic) bond motifs is 3. The van der Waals surface area contributed by atoms with Gasteiger partial charge in [0.15, 0.2) is 0 Å². The molecule has 6 nitrogen and oxygen atoms in total. The first kappa shape index (κ1) is 19.6. The fourth-order valence-corrected chi connectivity index (χ4v) is 4.98. The summed E-state index contributed by atoms with van der Waals surface area (Å²) in [5, 5.41) is 2.79. The van der Waals surface area contributed by atoms with E-state index in [0.717, 1.165) is 31.4 Å². The Balaban J connectivity index is 1.51. The van der Waals surface area contributed by atoms with Crippen molar-refractivity contribution in [1.82, 2.24) is 5.32 Å². The molecule has 1 fully saturated rings. The molecule has 2 aliphatic heterocycles. The van der Waals surface area contributed by atoms with Gasteiger partial charge in [-0.3, -0.25) is 4.79 Å². The van der Waals surface area contributed by atoms with Crippen molar-refractivity contribution in [2.75, 3.05) is 18.0 Å². The van der Waals surface area contributed by atoms with Gasteiger partial charge in [0, 0.05) is 25.1 Å². The van der Waals surface area contributed by atoms with Crippen molar-refractivity contribution < 1.29 is 17.6 Å². The number of hydrogen-bond donors (Lipinski definition) is 1. The predicted molar refractivity (Wildman–Crippen MR) is 109 cm³/mol. The smallest absolute Gasteiger partial charge is 0.286 e. The molecule has 2 aromatic rings. The quantitative estimate of drug-likeness (QED) is 0.831. The number of rotatable bonds is 4. The number of carbonyl (C=O) groups excluding carboxylic acids is 1. The van der Waals surface area contributed by atoms with E-state index < -0.39 is 10.0 Å². The Morgan fingerprint density at radius 1 is 1.10 bits per heavy atom. The van der Waals surface area contributed by atoms with Crippen molar-refractivity contribution >= 4 is 27.5 Å². The minimum Gasteiger partial charge on any atom is -0.352 e. The van der Waals surface area contributed by atoms with Gasteiger partial charge in [-0.1, -0.05) is 18.6 Å². The zero-order valence-electron chi connectivity index (χ0n) is 15.9. The van der Waals surface area contributed by atoms with Gasteiger partial charge in [0.25, 0.3) is 15.9 Å². The van der Waals surface area contributed by atoms with Crippen molar-refractivity contribution in [2.24, 2.45) is 4.40 Å². The molecule has 0 saturated carbocycles. The summed E-state index contributed by atoms with van der Waals surface area (Å²) >= 11 is 0. The molecular formula is C21H22FN3O3S. The zero-order chi connectivity index (χ0) is 20.4. The second kappa shape index (κ2) is 7.94. The normalized spacial score (nSPS) is 17.6. The topological polar surface area (TPSA) is 78.8 Å². The van der Waals surface area contributed by atoms with Crippen LogP contribution in [0.4, 0.5) is 10.1 Å². The highest BCUT2D eigenvalue weighted by Crippen LogP contribution is 2.34. The number of hydrogen-bond acceptors (Lipinski definition) is 4. The molecule has 1 N–H and O–H groups in total. The summed E-state index contributed by atoms with van der Waals surface area (Å²) in [6.45, 7) is 1.09. The Morgan fingerprint density at radius 3 is 2.69 bits per heavy atom. The van der Waals surface area contributed by atoms with Crippen LogP contribution in [-0.4, -0.2) is 33.3 Å².